The molecule has 0 saturated heterocycles. The van der Waals surface area contributed by atoms with Crippen LogP contribution in [0.4, 0.5) is 0 Å². The van der Waals surface area contributed by atoms with Crippen LogP contribution in [0.15, 0.2) is 18.5 Å². The Morgan fingerprint density at radius 3 is 3.20 bits per heavy atom. The topological polar surface area (TPSA) is 42.0 Å². The van der Waals surface area contributed by atoms with Gasteiger partial charge in [0.1, 0.15) is 0 Å². The van der Waals surface area contributed by atoms with Gasteiger partial charge in [-0.05, 0) is 11.6 Å². The molecule has 1 aromatic heterocycles. The third-order valence-electron chi connectivity index (χ3n) is 1.46. The summed E-state index contributed by atoms with van der Waals surface area (Å²) >= 11 is 0. The van der Waals surface area contributed by atoms with Crippen LogP contribution in [0.25, 0.3) is 0 Å². The Balaban J connectivity index is 2.61. The van der Waals surface area contributed by atoms with Gasteiger partial charge in [0, 0.05) is 12.4 Å². The van der Waals surface area contributed by atoms with Gasteiger partial charge in [-0.2, -0.15) is 0 Å². The first-order valence-corrected chi connectivity index (χ1v) is 2.96. The molecule has 0 unspecified atom stereocenters. The van der Waals surface area contributed by atoms with Crippen LogP contribution in [0.3, 0.4) is 0 Å². The number of carbonyl (C=O) groups is 1. The second kappa shape index (κ2) is 1.80. The van der Waals surface area contributed by atoms with Crippen molar-refractivity contribution in [2.75, 3.05) is 0 Å². The van der Waals surface area contributed by atoms with Gasteiger partial charge >= 0.3 is 0 Å². The lowest BCUT2D eigenvalue weighted by atomic mass is 10.2. The summed E-state index contributed by atoms with van der Waals surface area (Å²) in [6, 6.07) is 1.80. The number of amides is 1. The van der Waals surface area contributed by atoms with Crippen molar-refractivity contribution in [2.45, 2.75) is 0 Å². The highest BCUT2D eigenvalue weighted by Crippen LogP contribution is 2.13. The molecule has 3 heteroatoms. The molecule has 0 spiro atoms. The fraction of sp³-hybridized carbons (Fsp3) is 0. The van der Waals surface area contributed by atoms with Crippen molar-refractivity contribution in [1.29, 1.82) is 0 Å². The Hall–Kier alpha value is -1.38. The second-order valence-corrected chi connectivity index (χ2v) is 2.08. The zero-order valence-electron chi connectivity index (χ0n) is 5.16. The average molecular weight is 133 g/mol. The number of carbonyl (C=O) groups excluding carboxylic acids is 1. The highest BCUT2D eigenvalue weighted by atomic mass is 16.1. The fourth-order valence-electron chi connectivity index (χ4n) is 0.942. The minimum atomic E-state index is -0.0666. The maximum atomic E-state index is 10.9. The number of rotatable bonds is 0. The van der Waals surface area contributed by atoms with Gasteiger partial charge < -0.3 is 5.32 Å². The van der Waals surface area contributed by atoms with E-state index in [0.29, 0.717) is 5.56 Å². The van der Waals surface area contributed by atoms with Crippen LogP contribution in [0, 0.1) is 6.54 Å². The third-order valence-corrected chi connectivity index (χ3v) is 1.46. The summed E-state index contributed by atoms with van der Waals surface area (Å²) in [6.07, 6.45) is 3.23. The maximum absolute atomic E-state index is 10.9. The lowest BCUT2D eigenvalue weighted by molar-refractivity contribution is 0.0975. The van der Waals surface area contributed by atoms with E-state index in [0.717, 1.165) is 5.56 Å². The molecule has 0 atom stereocenters. The number of fused-ring (bicyclic) bond motifs is 1. The molecule has 0 bridgehead atoms. The molecule has 1 N–H and O–H groups in total. The molecule has 2 heterocycles. The van der Waals surface area contributed by atoms with Crippen molar-refractivity contribution in [3.8, 4) is 0 Å². The molecule has 0 aromatic carbocycles. The van der Waals surface area contributed by atoms with E-state index in [1.807, 2.05) is 0 Å². The number of hydrogen-bond acceptors (Lipinski definition) is 2. The lowest BCUT2D eigenvalue weighted by Crippen LogP contribution is -2.10. The molecule has 2 rings (SSSR count). The molecule has 49 valence electrons. The Labute approximate surface area is 58.1 Å². The van der Waals surface area contributed by atoms with Crippen LogP contribution < -0.4 is 5.32 Å². The van der Waals surface area contributed by atoms with Crippen molar-refractivity contribution >= 4 is 5.91 Å². The predicted octanol–water partition coefficient (Wildman–Crippen LogP) is 0.335. The van der Waals surface area contributed by atoms with Crippen LogP contribution >= 0.6 is 0 Å². The molecule has 0 aliphatic carbocycles. The first-order chi connectivity index (χ1) is 4.88. The summed E-state index contributed by atoms with van der Waals surface area (Å²) in [4.78, 5) is 14.7. The van der Waals surface area contributed by atoms with E-state index in [2.05, 4.69) is 10.3 Å². The molecule has 1 aliphatic rings. The summed E-state index contributed by atoms with van der Waals surface area (Å²) in [5, 5.41) is 2.58. The van der Waals surface area contributed by atoms with E-state index in [4.69, 9.17) is 0 Å². The van der Waals surface area contributed by atoms with Crippen LogP contribution in [0.2, 0.25) is 0 Å². The standard InChI is InChI=1S/C7H5N2O/c10-7-6-4-8-2-1-5(6)3-9-7/h1-4H,(H,9,10). The van der Waals surface area contributed by atoms with Crippen molar-refractivity contribution in [1.82, 2.24) is 10.3 Å². The minimum Gasteiger partial charge on any atom is -0.343 e. The average Bonchev–Trinajstić information content (AvgIpc) is 2.34. The minimum absolute atomic E-state index is 0.0666. The summed E-state index contributed by atoms with van der Waals surface area (Å²) in [5.41, 5.74) is 1.57. The SMILES string of the molecule is O=C1N[CH]c2ccncc21. The molecule has 1 radical (unpaired) electrons. The van der Waals surface area contributed by atoms with Crippen molar-refractivity contribution in [3.05, 3.63) is 36.1 Å². The zero-order valence-corrected chi connectivity index (χ0v) is 5.16. The summed E-state index contributed by atoms with van der Waals surface area (Å²) in [6.45, 7) is 1.68. The Bertz CT molecular complexity index is 283. The number of nitrogens with zero attached hydrogens (tertiary/aromatic N) is 1. The van der Waals surface area contributed by atoms with E-state index in [9.17, 15) is 4.79 Å². The smallest absolute Gasteiger partial charge is 0.253 e. The summed E-state index contributed by atoms with van der Waals surface area (Å²) < 4.78 is 0. The van der Waals surface area contributed by atoms with Gasteiger partial charge in [-0.15, -0.1) is 0 Å². The third kappa shape index (κ3) is 0.603. The molecule has 0 saturated carbocycles. The van der Waals surface area contributed by atoms with Crippen LogP contribution in [-0.4, -0.2) is 10.9 Å². The largest absolute Gasteiger partial charge is 0.343 e. The van der Waals surface area contributed by atoms with Crippen LogP contribution in [0.5, 0.6) is 0 Å². The van der Waals surface area contributed by atoms with Gasteiger partial charge in [0.05, 0.1) is 12.1 Å². The number of aromatic nitrogens is 1. The first kappa shape index (κ1) is 5.41. The monoisotopic (exact) mass is 133 g/mol. The quantitative estimate of drug-likeness (QED) is 0.554. The van der Waals surface area contributed by atoms with Gasteiger partial charge in [0.25, 0.3) is 5.91 Å². The summed E-state index contributed by atoms with van der Waals surface area (Å²) in [7, 11) is 0. The van der Waals surface area contributed by atoms with Gasteiger partial charge in [-0.1, -0.05) is 0 Å². The normalized spacial score (nSPS) is 14.6. The molecule has 0 fully saturated rings. The Morgan fingerprint density at radius 2 is 2.40 bits per heavy atom. The highest BCUT2D eigenvalue weighted by Gasteiger charge is 2.17. The lowest BCUT2D eigenvalue weighted by Gasteiger charge is -1.88. The van der Waals surface area contributed by atoms with Gasteiger partial charge in [0.15, 0.2) is 0 Å². The van der Waals surface area contributed by atoms with E-state index in [1.165, 1.54) is 0 Å². The van der Waals surface area contributed by atoms with Crippen molar-refractivity contribution in [2.24, 2.45) is 0 Å². The summed E-state index contributed by atoms with van der Waals surface area (Å²) in [5.74, 6) is -0.0666. The maximum Gasteiger partial charge on any atom is 0.253 e. The number of pyridine rings is 1. The van der Waals surface area contributed by atoms with E-state index in [1.54, 1.807) is 25.0 Å². The fourth-order valence-corrected chi connectivity index (χ4v) is 0.942. The molecule has 1 amide bonds. The number of hydrogen-bond donors (Lipinski definition) is 1. The molecular weight excluding hydrogens is 128 g/mol. The first-order valence-electron chi connectivity index (χ1n) is 2.96. The van der Waals surface area contributed by atoms with Crippen LogP contribution in [-0.2, 0) is 0 Å². The van der Waals surface area contributed by atoms with Gasteiger partial charge in [-0.3, -0.25) is 9.78 Å². The molecule has 1 aliphatic heterocycles. The van der Waals surface area contributed by atoms with E-state index < -0.39 is 0 Å². The highest BCUT2D eigenvalue weighted by molar-refractivity contribution is 5.99. The Kier molecular flexibility index (Phi) is 0.974. The van der Waals surface area contributed by atoms with Gasteiger partial charge in [0.2, 0.25) is 0 Å². The van der Waals surface area contributed by atoms with Gasteiger partial charge in [-0.25, -0.2) is 0 Å². The Morgan fingerprint density at radius 1 is 1.50 bits per heavy atom. The van der Waals surface area contributed by atoms with E-state index >= 15 is 0 Å². The van der Waals surface area contributed by atoms with Crippen molar-refractivity contribution in [3.63, 3.8) is 0 Å². The second-order valence-electron chi connectivity index (χ2n) is 2.08. The molecule has 3 nitrogen and oxygen atoms in total. The molecule has 1 aromatic rings. The predicted molar refractivity (Wildman–Crippen MR) is 35.1 cm³/mol. The zero-order chi connectivity index (χ0) is 6.97. The molecular formula is C7H5N2O. The van der Waals surface area contributed by atoms with E-state index in [-0.39, 0.29) is 5.91 Å². The van der Waals surface area contributed by atoms with Crippen molar-refractivity contribution < 1.29 is 4.79 Å². The number of nitrogens with one attached hydrogen (secondary N) is 1. The molecule has 10 heavy (non-hydrogen) atoms. The van der Waals surface area contributed by atoms with Crippen LogP contribution in [0.1, 0.15) is 15.9 Å².